The van der Waals surface area contributed by atoms with Gasteiger partial charge in [-0.1, -0.05) is 48.5 Å². The predicted octanol–water partition coefficient (Wildman–Crippen LogP) is 3.30. The lowest BCUT2D eigenvalue weighted by atomic mass is 9.82. The van der Waals surface area contributed by atoms with E-state index in [0.29, 0.717) is 12.8 Å². The van der Waals surface area contributed by atoms with Gasteiger partial charge in [0.15, 0.2) is 0 Å². The maximum atomic E-state index is 14.2. The molecule has 0 aliphatic heterocycles. The number of aryl methyl sites for hydroxylation is 1. The molecule has 0 aliphatic rings. The van der Waals surface area contributed by atoms with Crippen molar-refractivity contribution in [3.8, 4) is 0 Å². The predicted molar refractivity (Wildman–Crippen MR) is 84.2 cm³/mol. The molecule has 2 aromatic carbocycles. The molecule has 0 spiro atoms. The van der Waals surface area contributed by atoms with E-state index in [1.54, 1.807) is 37.2 Å². The molecule has 0 saturated carbocycles. The van der Waals surface area contributed by atoms with Gasteiger partial charge in [0.05, 0.1) is 0 Å². The van der Waals surface area contributed by atoms with Crippen LogP contribution in [-0.2, 0) is 16.8 Å². The van der Waals surface area contributed by atoms with E-state index in [0.717, 1.165) is 5.56 Å². The lowest BCUT2D eigenvalue weighted by Gasteiger charge is -2.36. The number of hydrogen-bond acceptors (Lipinski definition) is 2. The lowest BCUT2D eigenvalue weighted by Crippen LogP contribution is -2.49. The maximum Gasteiger partial charge on any atom is 0.328 e. The third-order valence-electron chi connectivity index (χ3n) is 4.05. The number of hydrogen-bond donors (Lipinski definition) is 1. The zero-order chi connectivity index (χ0) is 16.2. The van der Waals surface area contributed by atoms with Gasteiger partial charge in [-0.05, 0) is 38.6 Å². The van der Waals surface area contributed by atoms with E-state index < -0.39 is 17.3 Å². The van der Waals surface area contributed by atoms with Crippen LogP contribution in [0.4, 0.5) is 4.39 Å². The first-order valence-electron chi connectivity index (χ1n) is 7.18. The van der Waals surface area contributed by atoms with Gasteiger partial charge in [0, 0.05) is 5.56 Å². The molecule has 22 heavy (non-hydrogen) atoms. The summed E-state index contributed by atoms with van der Waals surface area (Å²) >= 11 is 0. The Kier molecular flexibility index (Phi) is 4.93. The van der Waals surface area contributed by atoms with Crippen molar-refractivity contribution >= 4 is 5.97 Å². The number of likely N-dealkylation sites (N-methyl/N-ethyl adjacent to an activating group) is 1. The molecule has 2 aromatic rings. The minimum atomic E-state index is -1.39. The molecule has 0 unspecified atom stereocenters. The van der Waals surface area contributed by atoms with Crippen molar-refractivity contribution in [1.82, 2.24) is 4.90 Å². The van der Waals surface area contributed by atoms with Gasteiger partial charge in [-0.25, -0.2) is 9.18 Å². The van der Waals surface area contributed by atoms with Gasteiger partial charge in [0.1, 0.15) is 11.4 Å². The Morgan fingerprint density at radius 2 is 1.68 bits per heavy atom. The molecular formula is C18H20FNO2. The molecule has 0 saturated heterocycles. The SMILES string of the molecule is CN(C)[C@](CCc1ccccc1)(C(=O)O)c1ccccc1F. The minimum absolute atomic E-state index is 0.198. The number of carboxylic acid groups (broad SMARTS) is 1. The van der Waals surface area contributed by atoms with Gasteiger partial charge >= 0.3 is 5.97 Å². The van der Waals surface area contributed by atoms with Crippen LogP contribution < -0.4 is 0 Å². The highest BCUT2D eigenvalue weighted by molar-refractivity contribution is 5.81. The van der Waals surface area contributed by atoms with Crippen molar-refractivity contribution in [1.29, 1.82) is 0 Å². The highest BCUT2D eigenvalue weighted by Crippen LogP contribution is 2.34. The van der Waals surface area contributed by atoms with Crippen LogP contribution in [0.3, 0.4) is 0 Å². The molecule has 1 atom stereocenters. The largest absolute Gasteiger partial charge is 0.480 e. The monoisotopic (exact) mass is 301 g/mol. The maximum absolute atomic E-state index is 14.2. The number of carbonyl (C=O) groups is 1. The fraction of sp³-hybridized carbons (Fsp3) is 0.278. The standard InChI is InChI=1S/C18H20FNO2/c1-20(2)18(17(21)22,15-10-6-7-11-16(15)19)13-12-14-8-4-3-5-9-14/h3-11H,12-13H2,1-2H3,(H,21,22)/t18-/m0/s1. The van der Waals surface area contributed by atoms with Crippen LogP contribution in [0.5, 0.6) is 0 Å². The molecule has 1 N–H and O–H groups in total. The Bertz CT molecular complexity index is 643. The number of rotatable bonds is 6. The molecule has 3 nitrogen and oxygen atoms in total. The molecule has 0 fully saturated rings. The molecule has 0 amide bonds. The Labute approximate surface area is 130 Å². The van der Waals surface area contributed by atoms with Crippen molar-refractivity contribution in [2.24, 2.45) is 0 Å². The van der Waals surface area contributed by atoms with Crippen molar-refractivity contribution in [3.63, 3.8) is 0 Å². The van der Waals surface area contributed by atoms with E-state index in [4.69, 9.17) is 0 Å². The Hall–Kier alpha value is -2.20. The second-order valence-corrected chi connectivity index (χ2v) is 5.53. The van der Waals surface area contributed by atoms with Gasteiger partial charge in [-0.2, -0.15) is 0 Å². The summed E-state index contributed by atoms with van der Waals surface area (Å²) in [6, 6.07) is 15.7. The first-order chi connectivity index (χ1) is 10.5. The summed E-state index contributed by atoms with van der Waals surface area (Å²) in [6.45, 7) is 0. The van der Waals surface area contributed by atoms with Crippen LogP contribution >= 0.6 is 0 Å². The lowest BCUT2D eigenvalue weighted by molar-refractivity contribution is -0.151. The highest BCUT2D eigenvalue weighted by atomic mass is 19.1. The molecule has 0 radical (unpaired) electrons. The smallest absolute Gasteiger partial charge is 0.328 e. The summed E-state index contributed by atoms with van der Waals surface area (Å²) in [5.41, 5.74) is -0.156. The second kappa shape index (κ2) is 6.71. The Balaban J connectivity index is 2.42. The molecule has 2 rings (SSSR count). The van der Waals surface area contributed by atoms with E-state index in [9.17, 15) is 14.3 Å². The Morgan fingerprint density at radius 1 is 1.09 bits per heavy atom. The average molecular weight is 301 g/mol. The summed E-state index contributed by atoms with van der Waals surface area (Å²) in [7, 11) is 3.34. The molecule has 116 valence electrons. The van der Waals surface area contributed by atoms with Gasteiger partial charge in [-0.3, -0.25) is 4.90 Å². The van der Waals surface area contributed by atoms with E-state index in [1.165, 1.54) is 6.07 Å². The molecule has 0 heterocycles. The van der Waals surface area contributed by atoms with Crippen LogP contribution in [0, 0.1) is 5.82 Å². The van der Waals surface area contributed by atoms with Crippen LogP contribution in [0.1, 0.15) is 17.5 Å². The van der Waals surface area contributed by atoms with Gasteiger partial charge in [-0.15, -0.1) is 0 Å². The van der Waals surface area contributed by atoms with Gasteiger partial charge < -0.3 is 5.11 Å². The third-order valence-corrected chi connectivity index (χ3v) is 4.05. The summed E-state index contributed by atoms with van der Waals surface area (Å²) in [5, 5.41) is 9.84. The number of nitrogens with zero attached hydrogens (tertiary/aromatic N) is 1. The van der Waals surface area contributed by atoms with Crippen LogP contribution in [0.15, 0.2) is 54.6 Å². The molecule has 0 aromatic heterocycles. The van der Waals surface area contributed by atoms with E-state index in [-0.39, 0.29) is 5.56 Å². The van der Waals surface area contributed by atoms with Crippen molar-refractivity contribution in [2.75, 3.05) is 14.1 Å². The zero-order valence-corrected chi connectivity index (χ0v) is 12.8. The van der Waals surface area contributed by atoms with E-state index in [1.807, 2.05) is 30.3 Å². The van der Waals surface area contributed by atoms with E-state index >= 15 is 0 Å². The number of halogens is 1. The van der Waals surface area contributed by atoms with Crippen molar-refractivity contribution in [3.05, 3.63) is 71.5 Å². The van der Waals surface area contributed by atoms with Crippen LogP contribution in [-0.4, -0.2) is 30.1 Å². The molecule has 4 heteroatoms. The average Bonchev–Trinajstić information content (AvgIpc) is 2.50. The zero-order valence-electron chi connectivity index (χ0n) is 12.8. The second-order valence-electron chi connectivity index (χ2n) is 5.53. The number of benzene rings is 2. The third kappa shape index (κ3) is 3.02. The fourth-order valence-electron chi connectivity index (χ4n) is 2.78. The quantitative estimate of drug-likeness (QED) is 0.890. The number of aliphatic carboxylic acids is 1. The topological polar surface area (TPSA) is 40.5 Å². The van der Waals surface area contributed by atoms with Crippen LogP contribution in [0.2, 0.25) is 0 Å². The summed E-state index contributed by atoms with van der Waals surface area (Å²) in [4.78, 5) is 13.6. The van der Waals surface area contributed by atoms with Crippen molar-refractivity contribution < 1.29 is 14.3 Å². The Morgan fingerprint density at radius 3 is 2.23 bits per heavy atom. The van der Waals surface area contributed by atoms with Gasteiger partial charge in [0.25, 0.3) is 0 Å². The highest BCUT2D eigenvalue weighted by Gasteiger charge is 2.44. The minimum Gasteiger partial charge on any atom is -0.480 e. The number of carboxylic acids is 1. The molecular weight excluding hydrogens is 281 g/mol. The van der Waals surface area contributed by atoms with Crippen LogP contribution in [0.25, 0.3) is 0 Å². The molecule has 0 aliphatic carbocycles. The normalized spacial score (nSPS) is 13.8. The van der Waals surface area contributed by atoms with Gasteiger partial charge in [0.2, 0.25) is 0 Å². The fourth-order valence-corrected chi connectivity index (χ4v) is 2.78. The van der Waals surface area contributed by atoms with Crippen molar-refractivity contribution in [2.45, 2.75) is 18.4 Å². The first-order valence-corrected chi connectivity index (χ1v) is 7.18. The molecule has 0 bridgehead atoms. The summed E-state index contributed by atoms with van der Waals surface area (Å²) in [6.07, 6.45) is 0.847. The first kappa shape index (κ1) is 16.2. The van der Waals surface area contributed by atoms with E-state index in [2.05, 4.69) is 0 Å². The summed E-state index contributed by atoms with van der Waals surface area (Å²) in [5.74, 6) is -1.54. The summed E-state index contributed by atoms with van der Waals surface area (Å²) < 4.78 is 14.2.